The lowest BCUT2D eigenvalue weighted by Gasteiger charge is -2.40. The highest BCUT2D eigenvalue weighted by molar-refractivity contribution is 6.04. The van der Waals surface area contributed by atoms with Gasteiger partial charge in [-0.05, 0) is 62.9 Å². The molecule has 0 bridgehead atoms. The lowest BCUT2D eigenvalue weighted by molar-refractivity contribution is -0.120. The van der Waals surface area contributed by atoms with Crippen LogP contribution in [-0.2, 0) is 4.79 Å². The average molecular weight is 538 g/mol. The second kappa shape index (κ2) is 13.1. The summed E-state index contributed by atoms with van der Waals surface area (Å²) in [6, 6.07) is 5.05. The van der Waals surface area contributed by atoms with E-state index in [1.54, 1.807) is 37.4 Å². The highest BCUT2D eigenvalue weighted by atomic mass is 16.5. The van der Waals surface area contributed by atoms with Gasteiger partial charge in [-0.15, -0.1) is 0 Å². The van der Waals surface area contributed by atoms with Gasteiger partial charge in [0.25, 0.3) is 5.91 Å². The molecule has 0 aliphatic carbocycles. The highest BCUT2D eigenvalue weighted by Gasteiger charge is 2.37. The second-order valence-electron chi connectivity index (χ2n) is 10.8. The topological polar surface area (TPSA) is 103 Å². The number of amides is 2. The molecule has 4 rings (SSSR count). The molecule has 2 aliphatic heterocycles. The number of carbonyl (C=O) groups excluding carboxylic acids is 2. The van der Waals surface area contributed by atoms with Gasteiger partial charge in [0, 0.05) is 32.2 Å². The molecule has 10 nitrogen and oxygen atoms in total. The number of likely N-dealkylation sites (tertiary alicyclic amines) is 1. The van der Waals surface area contributed by atoms with E-state index in [2.05, 4.69) is 39.3 Å². The lowest BCUT2D eigenvalue weighted by atomic mass is 10.0. The Hall–Kier alpha value is -3.40. The zero-order chi connectivity index (χ0) is 27.9. The number of likely N-dealkylation sites (N-methyl/N-ethyl adjacent to an activating group) is 1. The van der Waals surface area contributed by atoms with Gasteiger partial charge in [0.1, 0.15) is 17.5 Å². The van der Waals surface area contributed by atoms with Crippen molar-refractivity contribution in [1.29, 1.82) is 0 Å². The first-order valence-corrected chi connectivity index (χ1v) is 14.2. The predicted molar refractivity (Wildman–Crippen MR) is 155 cm³/mol. The Morgan fingerprint density at radius 2 is 1.95 bits per heavy atom. The molecule has 1 fully saturated rings. The fraction of sp³-hybridized carbons (Fsp3) is 0.586. The lowest BCUT2D eigenvalue weighted by Crippen LogP contribution is -2.53. The molecule has 2 aromatic rings. The molecule has 2 N–H and O–H groups in total. The van der Waals surface area contributed by atoms with E-state index in [9.17, 15) is 9.59 Å². The molecule has 39 heavy (non-hydrogen) atoms. The van der Waals surface area contributed by atoms with E-state index in [0.29, 0.717) is 47.5 Å². The fourth-order valence-corrected chi connectivity index (χ4v) is 5.22. The summed E-state index contributed by atoms with van der Waals surface area (Å²) in [5, 5.41) is 6.28. The number of rotatable bonds is 11. The number of hydrogen-bond donors (Lipinski definition) is 2. The second-order valence-corrected chi connectivity index (χ2v) is 10.8. The van der Waals surface area contributed by atoms with Gasteiger partial charge >= 0.3 is 0 Å². The Morgan fingerprint density at radius 3 is 2.64 bits per heavy atom. The maximum absolute atomic E-state index is 13.0. The van der Waals surface area contributed by atoms with Gasteiger partial charge < -0.3 is 30.1 Å². The summed E-state index contributed by atoms with van der Waals surface area (Å²) in [6.45, 7) is 10.8. The molecule has 2 amide bonds. The minimum absolute atomic E-state index is 0.0597. The number of methoxy groups -OCH3 is 1. The van der Waals surface area contributed by atoms with Crippen LogP contribution in [0.5, 0.6) is 5.75 Å². The molecule has 3 heterocycles. The number of ether oxygens (including phenoxy) is 1. The summed E-state index contributed by atoms with van der Waals surface area (Å²) in [5.41, 5.74) is 1.89. The Kier molecular flexibility index (Phi) is 9.61. The average Bonchev–Trinajstić information content (AvgIpc) is 2.94. The molecule has 1 saturated heterocycles. The van der Waals surface area contributed by atoms with Crippen LogP contribution in [0, 0.1) is 5.92 Å². The normalized spacial score (nSPS) is 17.8. The van der Waals surface area contributed by atoms with E-state index in [4.69, 9.17) is 9.72 Å². The Balaban J connectivity index is 1.49. The van der Waals surface area contributed by atoms with Crippen LogP contribution in [0.25, 0.3) is 0 Å². The van der Waals surface area contributed by atoms with Gasteiger partial charge in [-0.2, -0.15) is 4.98 Å². The van der Waals surface area contributed by atoms with Gasteiger partial charge in [0.2, 0.25) is 11.9 Å². The Bertz CT molecular complexity index is 1150. The van der Waals surface area contributed by atoms with Gasteiger partial charge in [0.15, 0.2) is 5.82 Å². The van der Waals surface area contributed by atoms with Gasteiger partial charge in [-0.3, -0.25) is 9.59 Å². The molecule has 1 aromatic heterocycles. The summed E-state index contributed by atoms with van der Waals surface area (Å²) in [5.74, 6) is 2.11. The molecule has 10 heteroatoms. The van der Waals surface area contributed by atoms with E-state index in [1.165, 1.54) is 19.3 Å². The van der Waals surface area contributed by atoms with E-state index in [-0.39, 0.29) is 17.9 Å². The van der Waals surface area contributed by atoms with Crippen molar-refractivity contribution in [2.24, 2.45) is 5.92 Å². The van der Waals surface area contributed by atoms with Crippen molar-refractivity contribution in [2.45, 2.75) is 58.9 Å². The van der Waals surface area contributed by atoms with Crippen molar-refractivity contribution in [3.63, 3.8) is 0 Å². The number of hydrogen-bond acceptors (Lipinski definition) is 8. The van der Waals surface area contributed by atoms with Gasteiger partial charge in [-0.1, -0.05) is 27.2 Å². The Morgan fingerprint density at radius 1 is 1.18 bits per heavy atom. The molecule has 212 valence electrons. The summed E-state index contributed by atoms with van der Waals surface area (Å²) in [4.78, 5) is 41.3. The van der Waals surface area contributed by atoms with Gasteiger partial charge in [-0.25, -0.2) is 4.98 Å². The van der Waals surface area contributed by atoms with Crippen LogP contribution in [0.15, 0.2) is 24.4 Å². The first kappa shape index (κ1) is 28.6. The first-order chi connectivity index (χ1) is 18.8. The summed E-state index contributed by atoms with van der Waals surface area (Å²) in [6.07, 6.45) is 7.10. The zero-order valence-corrected chi connectivity index (χ0v) is 24.0. The van der Waals surface area contributed by atoms with Crippen molar-refractivity contribution in [2.75, 3.05) is 62.0 Å². The number of fused-ring (bicyclic) bond motifs is 1. The molecule has 0 unspecified atom stereocenters. The minimum Gasteiger partial charge on any atom is -0.495 e. The van der Waals surface area contributed by atoms with Crippen molar-refractivity contribution in [3.8, 4) is 5.75 Å². The summed E-state index contributed by atoms with van der Waals surface area (Å²) in [7, 11) is 3.35. The zero-order valence-electron chi connectivity index (χ0n) is 24.0. The predicted octanol–water partition coefficient (Wildman–Crippen LogP) is 4.05. The van der Waals surface area contributed by atoms with Crippen LogP contribution in [0.3, 0.4) is 0 Å². The molecular formula is C29H43N7O3. The molecule has 0 radical (unpaired) electrons. The number of anilines is 4. The van der Waals surface area contributed by atoms with Crippen LogP contribution < -0.4 is 25.2 Å². The maximum Gasteiger partial charge on any atom is 0.251 e. The van der Waals surface area contributed by atoms with E-state index in [0.717, 1.165) is 38.4 Å². The van der Waals surface area contributed by atoms with Crippen LogP contribution >= 0.6 is 0 Å². The fourth-order valence-electron chi connectivity index (χ4n) is 5.22. The number of carbonyl (C=O) groups is 2. The van der Waals surface area contributed by atoms with E-state index < -0.39 is 0 Å². The maximum atomic E-state index is 13.0. The number of nitrogens with one attached hydrogen (secondary N) is 2. The quantitative estimate of drug-likeness (QED) is 0.443. The van der Waals surface area contributed by atoms with Crippen LogP contribution in [0.2, 0.25) is 0 Å². The van der Waals surface area contributed by atoms with Crippen molar-refractivity contribution >= 4 is 35.0 Å². The van der Waals surface area contributed by atoms with Gasteiger partial charge in [0.05, 0.1) is 19.0 Å². The standard InChI is InChI=1S/C29H43N7O3/c1-6-23-28(38)34(4)24-19-31-29(33-26(24)36(23)16-12-20(2)3)32-22-11-10-21(18-25(22)39-5)27(37)30-13-17-35-14-8-7-9-15-35/h10-11,18-20,23H,6-9,12-17H2,1-5H3,(H,30,37)(H,31,32,33)/t23-/m1/s1. The number of piperidine rings is 1. The molecule has 1 atom stereocenters. The third kappa shape index (κ3) is 6.79. The summed E-state index contributed by atoms with van der Waals surface area (Å²) >= 11 is 0. The smallest absolute Gasteiger partial charge is 0.251 e. The van der Waals surface area contributed by atoms with E-state index in [1.807, 2.05) is 13.0 Å². The molecule has 1 aromatic carbocycles. The van der Waals surface area contributed by atoms with Crippen LogP contribution in [-0.4, -0.2) is 79.6 Å². The summed E-state index contributed by atoms with van der Waals surface area (Å²) < 4.78 is 5.60. The largest absolute Gasteiger partial charge is 0.495 e. The molecule has 0 spiro atoms. The van der Waals surface area contributed by atoms with Crippen molar-refractivity contribution < 1.29 is 14.3 Å². The van der Waals surface area contributed by atoms with Crippen molar-refractivity contribution in [1.82, 2.24) is 20.2 Å². The third-order valence-electron chi connectivity index (χ3n) is 7.58. The SMILES string of the molecule is CC[C@@H]1C(=O)N(C)c2cnc(Nc3ccc(C(=O)NCCN4CCCCC4)cc3OC)nc2N1CCC(C)C. The monoisotopic (exact) mass is 537 g/mol. The molecule has 0 saturated carbocycles. The van der Waals surface area contributed by atoms with Crippen LogP contribution in [0.1, 0.15) is 63.2 Å². The highest BCUT2D eigenvalue weighted by Crippen LogP contribution is 2.36. The number of nitrogens with zero attached hydrogens (tertiary/aromatic N) is 5. The number of benzene rings is 1. The molecular weight excluding hydrogens is 494 g/mol. The van der Waals surface area contributed by atoms with Crippen LogP contribution in [0.4, 0.5) is 23.1 Å². The van der Waals surface area contributed by atoms with Crippen molar-refractivity contribution in [3.05, 3.63) is 30.0 Å². The molecule has 2 aliphatic rings. The van der Waals surface area contributed by atoms with E-state index >= 15 is 0 Å². The first-order valence-electron chi connectivity index (χ1n) is 14.2. The Labute approximate surface area is 232 Å². The number of aromatic nitrogens is 2. The minimum atomic E-state index is -0.258. The third-order valence-corrected chi connectivity index (χ3v) is 7.58.